The van der Waals surface area contributed by atoms with E-state index in [1.165, 1.54) is 12.1 Å². The van der Waals surface area contributed by atoms with Gasteiger partial charge >= 0.3 is 0 Å². The van der Waals surface area contributed by atoms with Crippen molar-refractivity contribution in [3.05, 3.63) is 34.4 Å². The molecule has 0 aliphatic carbocycles. The first-order chi connectivity index (χ1) is 7.86. The SMILES string of the molecule is CC(CN)NS(=O)(=O)c1ccc([N+](=O)[O-])cc1. The number of nitro benzene ring substituents is 1. The van der Waals surface area contributed by atoms with Crippen molar-refractivity contribution in [2.24, 2.45) is 5.73 Å². The molecular weight excluding hydrogens is 246 g/mol. The van der Waals surface area contributed by atoms with Gasteiger partial charge in [0.25, 0.3) is 5.69 Å². The zero-order chi connectivity index (χ0) is 13.1. The van der Waals surface area contributed by atoms with E-state index in [0.717, 1.165) is 12.1 Å². The van der Waals surface area contributed by atoms with E-state index in [4.69, 9.17) is 5.73 Å². The Morgan fingerprint density at radius 3 is 2.35 bits per heavy atom. The summed E-state index contributed by atoms with van der Waals surface area (Å²) in [5.74, 6) is 0. The second-order valence-corrected chi connectivity index (χ2v) is 5.22. The number of benzene rings is 1. The minimum atomic E-state index is -3.67. The molecule has 0 aliphatic heterocycles. The topological polar surface area (TPSA) is 115 Å². The predicted molar refractivity (Wildman–Crippen MR) is 61.9 cm³/mol. The number of nitrogens with two attached hydrogens (primary N) is 1. The average Bonchev–Trinajstić information content (AvgIpc) is 2.28. The van der Waals surface area contributed by atoms with E-state index in [-0.39, 0.29) is 17.1 Å². The molecule has 17 heavy (non-hydrogen) atoms. The van der Waals surface area contributed by atoms with E-state index in [2.05, 4.69) is 4.72 Å². The lowest BCUT2D eigenvalue weighted by Crippen LogP contribution is -2.37. The molecule has 94 valence electrons. The van der Waals surface area contributed by atoms with Crippen LogP contribution in [0.2, 0.25) is 0 Å². The summed E-state index contributed by atoms with van der Waals surface area (Å²) in [6.07, 6.45) is 0. The summed E-state index contributed by atoms with van der Waals surface area (Å²) in [7, 11) is -3.67. The van der Waals surface area contributed by atoms with Gasteiger partial charge in [-0.2, -0.15) is 0 Å². The zero-order valence-corrected chi connectivity index (χ0v) is 9.98. The molecule has 0 heterocycles. The normalized spacial score (nSPS) is 13.3. The molecule has 7 nitrogen and oxygen atoms in total. The van der Waals surface area contributed by atoms with Crippen molar-refractivity contribution < 1.29 is 13.3 Å². The summed E-state index contributed by atoms with van der Waals surface area (Å²) in [4.78, 5) is 9.79. The van der Waals surface area contributed by atoms with Crippen molar-refractivity contribution in [2.45, 2.75) is 17.9 Å². The molecule has 8 heteroatoms. The molecular formula is C9H13N3O4S. The van der Waals surface area contributed by atoms with Gasteiger partial charge in [0.05, 0.1) is 9.82 Å². The van der Waals surface area contributed by atoms with Crippen molar-refractivity contribution in [3.63, 3.8) is 0 Å². The Kier molecular flexibility index (Phi) is 4.16. The Morgan fingerprint density at radius 1 is 1.41 bits per heavy atom. The molecule has 3 N–H and O–H groups in total. The van der Waals surface area contributed by atoms with Crippen molar-refractivity contribution in [1.82, 2.24) is 4.72 Å². The van der Waals surface area contributed by atoms with Gasteiger partial charge in [0.1, 0.15) is 0 Å². The van der Waals surface area contributed by atoms with E-state index in [1.54, 1.807) is 6.92 Å². The highest BCUT2D eigenvalue weighted by molar-refractivity contribution is 7.89. The third-order valence-electron chi connectivity index (χ3n) is 2.07. The lowest BCUT2D eigenvalue weighted by molar-refractivity contribution is -0.384. The predicted octanol–water partition coefficient (Wildman–Crippen LogP) is 0.220. The zero-order valence-electron chi connectivity index (χ0n) is 9.16. The van der Waals surface area contributed by atoms with Crippen LogP contribution in [-0.4, -0.2) is 25.9 Å². The maximum atomic E-state index is 11.7. The van der Waals surface area contributed by atoms with E-state index >= 15 is 0 Å². The smallest absolute Gasteiger partial charge is 0.269 e. The van der Waals surface area contributed by atoms with Gasteiger partial charge in [0.15, 0.2) is 0 Å². The lowest BCUT2D eigenvalue weighted by Gasteiger charge is -2.11. The molecule has 0 aromatic heterocycles. The first-order valence-electron chi connectivity index (χ1n) is 4.83. The van der Waals surface area contributed by atoms with E-state index < -0.39 is 21.0 Å². The third kappa shape index (κ3) is 3.48. The third-order valence-corrected chi connectivity index (χ3v) is 3.67. The molecule has 0 saturated carbocycles. The monoisotopic (exact) mass is 259 g/mol. The first kappa shape index (κ1) is 13.6. The summed E-state index contributed by atoms with van der Waals surface area (Å²) >= 11 is 0. The number of nitro groups is 1. The molecule has 1 rings (SSSR count). The summed E-state index contributed by atoms with van der Waals surface area (Å²) < 4.78 is 25.8. The first-order valence-corrected chi connectivity index (χ1v) is 6.32. The molecule has 1 unspecified atom stereocenters. The maximum Gasteiger partial charge on any atom is 0.269 e. The van der Waals surface area contributed by atoms with E-state index in [0.29, 0.717) is 0 Å². The quantitative estimate of drug-likeness (QED) is 0.579. The standard InChI is InChI=1S/C9H13N3O4S/c1-7(6-10)11-17(15,16)9-4-2-8(3-5-9)12(13)14/h2-5,7,11H,6,10H2,1H3. The molecule has 0 saturated heterocycles. The highest BCUT2D eigenvalue weighted by Crippen LogP contribution is 2.15. The highest BCUT2D eigenvalue weighted by atomic mass is 32.2. The molecule has 0 radical (unpaired) electrons. The van der Waals surface area contributed by atoms with Crippen LogP contribution in [0, 0.1) is 10.1 Å². The molecule has 0 spiro atoms. The molecule has 1 atom stereocenters. The number of nitrogens with zero attached hydrogens (tertiary/aromatic N) is 1. The Bertz CT molecular complexity index is 497. The number of sulfonamides is 1. The minimum absolute atomic E-state index is 0.0246. The van der Waals surface area contributed by atoms with Crippen LogP contribution >= 0.6 is 0 Å². The van der Waals surface area contributed by atoms with Crippen molar-refractivity contribution >= 4 is 15.7 Å². The van der Waals surface area contributed by atoms with Crippen LogP contribution in [0.3, 0.4) is 0 Å². The highest BCUT2D eigenvalue weighted by Gasteiger charge is 2.17. The van der Waals surface area contributed by atoms with Gasteiger partial charge in [0.2, 0.25) is 10.0 Å². The number of rotatable bonds is 5. The minimum Gasteiger partial charge on any atom is -0.329 e. The Labute approximate surface area is 98.8 Å². The summed E-state index contributed by atoms with van der Waals surface area (Å²) in [6, 6.07) is 4.26. The lowest BCUT2D eigenvalue weighted by atomic mass is 10.3. The largest absolute Gasteiger partial charge is 0.329 e. The van der Waals surface area contributed by atoms with Gasteiger partial charge < -0.3 is 5.73 Å². The second-order valence-electron chi connectivity index (χ2n) is 3.51. The van der Waals surface area contributed by atoms with Crippen LogP contribution in [0.1, 0.15) is 6.92 Å². The maximum absolute atomic E-state index is 11.7. The fraction of sp³-hybridized carbons (Fsp3) is 0.333. The van der Waals surface area contributed by atoms with Crippen molar-refractivity contribution in [1.29, 1.82) is 0 Å². The summed E-state index contributed by atoms with van der Waals surface area (Å²) in [5, 5.41) is 10.4. The number of hydrogen-bond acceptors (Lipinski definition) is 5. The van der Waals surface area contributed by atoms with Crippen LogP contribution < -0.4 is 10.5 Å². The Balaban J connectivity index is 2.96. The van der Waals surface area contributed by atoms with Gasteiger partial charge in [0, 0.05) is 24.7 Å². The van der Waals surface area contributed by atoms with Crippen LogP contribution in [0.25, 0.3) is 0 Å². The van der Waals surface area contributed by atoms with Gasteiger partial charge in [-0.05, 0) is 19.1 Å². The Hall–Kier alpha value is -1.51. The second kappa shape index (κ2) is 5.21. The van der Waals surface area contributed by atoms with Crippen LogP contribution in [-0.2, 0) is 10.0 Å². The van der Waals surface area contributed by atoms with Crippen molar-refractivity contribution in [2.75, 3.05) is 6.54 Å². The Morgan fingerprint density at radius 2 is 1.94 bits per heavy atom. The molecule has 0 fully saturated rings. The summed E-state index contributed by atoms with van der Waals surface area (Å²) in [5.41, 5.74) is 5.15. The van der Waals surface area contributed by atoms with Gasteiger partial charge in [-0.1, -0.05) is 0 Å². The molecule has 1 aromatic rings. The fourth-order valence-corrected chi connectivity index (χ4v) is 2.38. The summed E-state index contributed by atoms with van der Waals surface area (Å²) in [6.45, 7) is 1.80. The van der Waals surface area contributed by atoms with Gasteiger partial charge in [-0.3, -0.25) is 10.1 Å². The molecule has 1 aromatic carbocycles. The van der Waals surface area contributed by atoms with E-state index in [9.17, 15) is 18.5 Å². The molecule has 0 bridgehead atoms. The van der Waals surface area contributed by atoms with Crippen LogP contribution in [0.4, 0.5) is 5.69 Å². The average molecular weight is 259 g/mol. The molecule has 0 aliphatic rings. The van der Waals surface area contributed by atoms with Crippen LogP contribution in [0.15, 0.2) is 29.2 Å². The van der Waals surface area contributed by atoms with Gasteiger partial charge in [-0.25, -0.2) is 13.1 Å². The van der Waals surface area contributed by atoms with Crippen molar-refractivity contribution in [3.8, 4) is 0 Å². The fourth-order valence-electron chi connectivity index (χ4n) is 1.13. The number of non-ortho nitro benzene ring substituents is 1. The van der Waals surface area contributed by atoms with E-state index in [1.807, 2.05) is 0 Å². The van der Waals surface area contributed by atoms with Crippen LogP contribution in [0.5, 0.6) is 0 Å². The van der Waals surface area contributed by atoms with Gasteiger partial charge in [-0.15, -0.1) is 0 Å². The number of nitrogens with one attached hydrogen (secondary N) is 1. The molecule has 0 amide bonds. The number of hydrogen-bond donors (Lipinski definition) is 2.